The highest BCUT2D eigenvalue weighted by molar-refractivity contribution is 9.10. The van der Waals surface area contributed by atoms with Crippen LogP contribution in [0.1, 0.15) is 5.56 Å². The molecule has 1 N–H and O–H groups in total. The molecule has 6 nitrogen and oxygen atoms in total. The molecule has 0 heterocycles. The quantitative estimate of drug-likeness (QED) is 0.531. The Balaban J connectivity index is 2.03. The first-order valence-corrected chi connectivity index (χ1v) is 8.15. The van der Waals surface area contributed by atoms with E-state index in [1.54, 1.807) is 13.0 Å². The first-order valence-electron chi connectivity index (χ1n) is 6.60. The lowest BCUT2D eigenvalue weighted by Gasteiger charge is -2.12. The Morgan fingerprint density at radius 2 is 2.04 bits per heavy atom. The van der Waals surface area contributed by atoms with Crippen molar-refractivity contribution in [2.24, 2.45) is 0 Å². The highest BCUT2D eigenvalue weighted by Crippen LogP contribution is 2.36. The molecule has 2 aromatic carbocycles. The molecule has 24 heavy (non-hydrogen) atoms. The van der Waals surface area contributed by atoms with Gasteiger partial charge in [-0.25, -0.2) is 0 Å². The van der Waals surface area contributed by atoms with E-state index in [-0.39, 0.29) is 17.3 Å². The van der Waals surface area contributed by atoms with E-state index in [0.717, 1.165) is 0 Å². The van der Waals surface area contributed by atoms with Crippen LogP contribution in [0.3, 0.4) is 0 Å². The van der Waals surface area contributed by atoms with Crippen molar-refractivity contribution in [2.75, 3.05) is 11.9 Å². The molecule has 0 aromatic heterocycles. The first-order chi connectivity index (χ1) is 11.3. The van der Waals surface area contributed by atoms with Gasteiger partial charge >= 0.3 is 0 Å². The molecular weight excluding hydrogens is 423 g/mol. The number of rotatable bonds is 5. The maximum Gasteiger partial charge on any atom is 0.269 e. The number of aryl methyl sites for hydroxylation is 1. The van der Waals surface area contributed by atoms with Gasteiger partial charge in [-0.1, -0.05) is 23.2 Å². The number of carbonyl (C=O) groups is 1. The van der Waals surface area contributed by atoms with Gasteiger partial charge in [0.05, 0.1) is 14.4 Å². The van der Waals surface area contributed by atoms with Crippen LogP contribution in [0, 0.1) is 17.0 Å². The molecule has 0 spiro atoms. The number of nitro benzene ring substituents is 1. The van der Waals surface area contributed by atoms with Gasteiger partial charge in [0.15, 0.2) is 12.4 Å². The minimum atomic E-state index is -0.498. The molecule has 0 saturated carbocycles. The van der Waals surface area contributed by atoms with Crippen LogP contribution in [0.25, 0.3) is 0 Å². The number of amides is 1. The number of ether oxygens (including phenoxy) is 1. The second kappa shape index (κ2) is 7.83. The highest BCUT2D eigenvalue weighted by atomic mass is 79.9. The number of hydrogen-bond acceptors (Lipinski definition) is 4. The van der Waals surface area contributed by atoms with Crippen LogP contribution >= 0.6 is 39.1 Å². The highest BCUT2D eigenvalue weighted by Gasteiger charge is 2.13. The summed E-state index contributed by atoms with van der Waals surface area (Å²) >= 11 is 15.1. The molecule has 0 atom stereocenters. The Labute approximate surface area is 156 Å². The smallest absolute Gasteiger partial charge is 0.269 e. The molecule has 2 rings (SSSR count). The zero-order valence-electron chi connectivity index (χ0n) is 12.3. The van der Waals surface area contributed by atoms with Crippen LogP contribution in [-0.2, 0) is 4.79 Å². The SMILES string of the molecule is Cc1cc([N+](=O)[O-])ccc1NC(=O)COc1c(Cl)cc(Cl)cc1Br. The number of anilines is 1. The molecule has 0 radical (unpaired) electrons. The minimum Gasteiger partial charge on any atom is -0.481 e. The summed E-state index contributed by atoms with van der Waals surface area (Å²) in [6, 6.07) is 7.26. The van der Waals surface area contributed by atoms with Gasteiger partial charge in [-0.2, -0.15) is 0 Å². The zero-order chi connectivity index (χ0) is 17.9. The van der Waals surface area contributed by atoms with Crippen LogP contribution in [0.2, 0.25) is 10.0 Å². The summed E-state index contributed by atoms with van der Waals surface area (Å²) in [6.07, 6.45) is 0. The first kappa shape index (κ1) is 18.5. The molecule has 1 amide bonds. The van der Waals surface area contributed by atoms with Crippen LogP contribution in [-0.4, -0.2) is 17.4 Å². The van der Waals surface area contributed by atoms with Gasteiger partial charge in [0.25, 0.3) is 11.6 Å². The molecule has 0 unspecified atom stereocenters. The molecule has 126 valence electrons. The van der Waals surface area contributed by atoms with Crippen molar-refractivity contribution in [1.29, 1.82) is 0 Å². The maximum atomic E-state index is 12.0. The van der Waals surface area contributed by atoms with Crippen molar-refractivity contribution in [1.82, 2.24) is 0 Å². The fourth-order valence-corrected chi connectivity index (χ4v) is 3.26. The van der Waals surface area contributed by atoms with E-state index in [9.17, 15) is 14.9 Å². The molecule has 9 heteroatoms. The normalized spacial score (nSPS) is 10.3. The molecule has 0 fully saturated rings. The number of benzene rings is 2. The summed E-state index contributed by atoms with van der Waals surface area (Å²) in [5, 5.41) is 14.0. The summed E-state index contributed by atoms with van der Waals surface area (Å²) in [6.45, 7) is 1.38. The number of halogens is 3. The lowest BCUT2D eigenvalue weighted by atomic mass is 10.2. The Morgan fingerprint density at radius 1 is 1.33 bits per heavy atom. The fourth-order valence-electron chi connectivity index (χ4n) is 1.89. The van der Waals surface area contributed by atoms with E-state index >= 15 is 0 Å². The van der Waals surface area contributed by atoms with Crippen LogP contribution < -0.4 is 10.1 Å². The molecule has 0 bridgehead atoms. The molecule has 0 aliphatic rings. The van der Waals surface area contributed by atoms with Gasteiger partial charge in [0, 0.05) is 22.8 Å². The molecule has 0 aliphatic heterocycles. The van der Waals surface area contributed by atoms with Crippen LogP contribution in [0.4, 0.5) is 11.4 Å². The average Bonchev–Trinajstić information content (AvgIpc) is 2.48. The summed E-state index contributed by atoms with van der Waals surface area (Å²) in [7, 11) is 0. The van der Waals surface area contributed by atoms with Gasteiger partial charge < -0.3 is 10.1 Å². The van der Waals surface area contributed by atoms with Crippen molar-refractivity contribution in [2.45, 2.75) is 6.92 Å². The number of nitro groups is 1. The lowest BCUT2D eigenvalue weighted by molar-refractivity contribution is -0.384. The van der Waals surface area contributed by atoms with E-state index in [4.69, 9.17) is 27.9 Å². The average molecular weight is 434 g/mol. The van der Waals surface area contributed by atoms with E-state index in [1.165, 1.54) is 24.3 Å². The van der Waals surface area contributed by atoms with Crippen molar-refractivity contribution >= 4 is 56.4 Å². The maximum absolute atomic E-state index is 12.0. The largest absolute Gasteiger partial charge is 0.481 e. The Kier molecular flexibility index (Phi) is 6.04. The monoisotopic (exact) mass is 432 g/mol. The van der Waals surface area contributed by atoms with Crippen molar-refractivity contribution in [3.05, 3.63) is 60.5 Å². The Morgan fingerprint density at radius 3 is 2.62 bits per heavy atom. The second-order valence-corrected chi connectivity index (χ2v) is 6.49. The zero-order valence-corrected chi connectivity index (χ0v) is 15.4. The van der Waals surface area contributed by atoms with E-state index in [1.807, 2.05) is 0 Å². The van der Waals surface area contributed by atoms with Crippen molar-refractivity contribution < 1.29 is 14.5 Å². The Bertz CT molecular complexity index is 791. The van der Waals surface area contributed by atoms with E-state index in [0.29, 0.717) is 26.5 Å². The summed E-state index contributed by atoms with van der Waals surface area (Å²) in [5.41, 5.74) is 0.998. The number of nitrogens with one attached hydrogen (secondary N) is 1. The van der Waals surface area contributed by atoms with Gasteiger partial charge in [-0.05, 0) is 46.6 Å². The number of non-ortho nitro benzene ring substituents is 1. The van der Waals surface area contributed by atoms with Gasteiger partial charge in [-0.15, -0.1) is 0 Å². The van der Waals surface area contributed by atoms with E-state index in [2.05, 4.69) is 21.2 Å². The summed E-state index contributed by atoms with van der Waals surface area (Å²) in [4.78, 5) is 22.2. The topological polar surface area (TPSA) is 81.5 Å². The third kappa shape index (κ3) is 4.59. The summed E-state index contributed by atoms with van der Waals surface area (Å²) < 4.78 is 5.93. The van der Waals surface area contributed by atoms with Gasteiger partial charge in [0.2, 0.25) is 0 Å². The predicted molar refractivity (Wildman–Crippen MR) is 96.1 cm³/mol. The lowest BCUT2D eigenvalue weighted by Crippen LogP contribution is -2.20. The van der Waals surface area contributed by atoms with Crippen LogP contribution in [0.15, 0.2) is 34.8 Å². The second-order valence-electron chi connectivity index (χ2n) is 4.79. The van der Waals surface area contributed by atoms with Crippen molar-refractivity contribution in [3.63, 3.8) is 0 Å². The van der Waals surface area contributed by atoms with Gasteiger partial charge in [0.1, 0.15) is 0 Å². The number of nitrogens with zero attached hydrogens (tertiary/aromatic N) is 1. The number of carbonyl (C=O) groups excluding carboxylic acids is 1. The van der Waals surface area contributed by atoms with Crippen molar-refractivity contribution in [3.8, 4) is 5.75 Å². The molecular formula is C15H11BrCl2N2O4. The molecule has 0 saturated heterocycles. The third-order valence-electron chi connectivity index (χ3n) is 3.01. The third-order valence-corrected chi connectivity index (χ3v) is 4.09. The minimum absolute atomic E-state index is 0.0429. The van der Waals surface area contributed by atoms with E-state index < -0.39 is 10.8 Å². The fraction of sp³-hybridized carbons (Fsp3) is 0.133. The number of hydrogen-bond donors (Lipinski definition) is 1. The Hall–Kier alpha value is -1.83. The molecule has 2 aromatic rings. The standard InChI is InChI=1S/C15H11BrCl2N2O4/c1-8-4-10(20(22)23)2-3-13(8)19-14(21)7-24-15-11(16)5-9(17)6-12(15)18/h2-6H,7H2,1H3,(H,19,21). The predicted octanol–water partition coefficient (Wildman–Crippen LogP) is 4.99. The van der Waals surface area contributed by atoms with Crippen LogP contribution in [0.5, 0.6) is 5.75 Å². The van der Waals surface area contributed by atoms with Gasteiger partial charge in [-0.3, -0.25) is 14.9 Å². The molecule has 0 aliphatic carbocycles. The summed E-state index contributed by atoms with van der Waals surface area (Å²) in [5.74, 6) is -0.124.